The Balaban J connectivity index is 1.53. The van der Waals surface area contributed by atoms with Crippen molar-refractivity contribution in [2.45, 2.75) is 46.6 Å². The molecule has 0 saturated heterocycles. The molecule has 0 spiro atoms. The number of nitrogens with one attached hydrogen (secondary N) is 2. The fourth-order valence-corrected chi connectivity index (χ4v) is 4.21. The van der Waals surface area contributed by atoms with Gasteiger partial charge in [-0.2, -0.15) is 4.68 Å². The van der Waals surface area contributed by atoms with E-state index in [1.165, 1.54) is 33.2 Å². The number of hydrogen-bond acceptors (Lipinski definition) is 4. The Morgan fingerprint density at radius 3 is 2.62 bits per heavy atom. The van der Waals surface area contributed by atoms with E-state index in [1.54, 1.807) is 0 Å². The highest BCUT2D eigenvalue weighted by Gasteiger charge is 2.20. The van der Waals surface area contributed by atoms with Crippen LogP contribution >= 0.6 is 0 Å². The first-order valence-corrected chi connectivity index (χ1v) is 10.2. The van der Waals surface area contributed by atoms with Gasteiger partial charge in [-0.3, -0.25) is 0 Å². The van der Waals surface area contributed by atoms with Gasteiger partial charge in [-0.1, -0.05) is 42.8 Å². The van der Waals surface area contributed by atoms with E-state index in [-0.39, 0.29) is 6.04 Å². The maximum absolute atomic E-state index is 4.37. The van der Waals surface area contributed by atoms with E-state index >= 15 is 0 Å². The van der Waals surface area contributed by atoms with Gasteiger partial charge in [-0.15, -0.1) is 5.10 Å². The molecule has 150 valence electrons. The Bertz CT molecular complexity index is 1100. The third-order valence-corrected chi connectivity index (χ3v) is 5.52. The second-order valence-electron chi connectivity index (χ2n) is 7.72. The topological polar surface area (TPSA) is 71.4 Å². The number of nitrogens with zero attached hydrogens (tertiary/aromatic N) is 4. The average molecular weight is 389 g/mol. The lowest BCUT2D eigenvalue weighted by Crippen LogP contribution is -2.26. The number of hydrogen-bond donors (Lipinski definition) is 2. The van der Waals surface area contributed by atoms with E-state index < -0.39 is 0 Å². The lowest BCUT2D eigenvalue weighted by molar-refractivity contribution is 0.487. The van der Waals surface area contributed by atoms with Crippen molar-refractivity contribution in [3.8, 4) is 5.69 Å². The molecule has 6 heteroatoms. The standard InChI is InChI=1S/C23H28N6/c1-5-20(24-11-10-18-14-25-21-9-7-6-8-19(18)21)23-26-27-28-29(23)22-16(3)12-15(2)13-17(22)4/h6-9,12-14,20,24-25H,5,10-11H2,1-4H3/t20-/m0/s1. The summed E-state index contributed by atoms with van der Waals surface area (Å²) in [6.07, 6.45) is 3.97. The molecule has 4 rings (SSSR count). The minimum Gasteiger partial charge on any atom is -0.361 e. The van der Waals surface area contributed by atoms with Crippen LogP contribution in [-0.2, 0) is 6.42 Å². The molecule has 0 amide bonds. The number of H-pyrrole nitrogens is 1. The molecule has 2 N–H and O–H groups in total. The smallest absolute Gasteiger partial charge is 0.173 e. The maximum Gasteiger partial charge on any atom is 0.173 e. The summed E-state index contributed by atoms with van der Waals surface area (Å²) in [6, 6.07) is 12.9. The highest BCUT2D eigenvalue weighted by Crippen LogP contribution is 2.24. The monoisotopic (exact) mass is 388 g/mol. The first-order chi connectivity index (χ1) is 14.1. The first kappa shape index (κ1) is 19.3. The Kier molecular flexibility index (Phi) is 5.45. The summed E-state index contributed by atoms with van der Waals surface area (Å²) in [5, 5.41) is 17.6. The van der Waals surface area contributed by atoms with Crippen molar-refractivity contribution in [1.82, 2.24) is 30.5 Å². The lowest BCUT2D eigenvalue weighted by atomic mass is 10.0. The molecule has 4 aromatic rings. The van der Waals surface area contributed by atoms with Gasteiger partial charge in [0.05, 0.1) is 11.7 Å². The Hall–Kier alpha value is -2.99. The van der Waals surface area contributed by atoms with Gasteiger partial charge in [0, 0.05) is 17.1 Å². The molecule has 0 radical (unpaired) electrons. The fraction of sp³-hybridized carbons (Fsp3) is 0.348. The molecule has 0 fully saturated rings. The molecular weight excluding hydrogens is 360 g/mol. The molecule has 2 aromatic carbocycles. The second kappa shape index (κ2) is 8.17. The van der Waals surface area contributed by atoms with Crippen molar-refractivity contribution in [2.24, 2.45) is 0 Å². The van der Waals surface area contributed by atoms with Crippen LogP contribution in [0.2, 0.25) is 0 Å². The number of aromatic amines is 1. The number of benzene rings is 2. The largest absolute Gasteiger partial charge is 0.361 e. The summed E-state index contributed by atoms with van der Waals surface area (Å²) < 4.78 is 1.90. The molecule has 0 saturated carbocycles. The van der Waals surface area contributed by atoms with Gasteiger partial charge in [0.25, 0.3) is 0 Å². The first-order valence-electron chi connectivity index (χ1n) is 10.2. The summed E-state index contributed by atoms with van der Waals surface area (Å²) in [6.45, 7) is 9.38. The number of tetrazole rings is 1. The van der Waals surface area contributed by atoms with E-state index in [2.05, 4.69) is 96.1 Å². The maximum atomic E-state index is 4.37. The van der Waals surface area contributed by atoms with Gasteiger partial charge >= 0.3 is 0 Å². The minimum absolute atomic E-state index is 0.0929. The van der Waals surface area contributed by atoms with Crippen LogP contribution in [0.3, 0.4) is 0 Å². The Morgan fingerprint density at radius 1 is 1.10 bits per heavy atom. The molecule has 1 atom stereocenters. The van der Waals surface area contributed by atoms with Crippen molar-refractivity contribution in [3.63, 3.8) is 0 Å². The normalized spacial score (nSPS) is 12.6. The van der Waals surface area contributed by atoms with Crippen molar-refractivity contribution >= 4 is 10.9 Å². The van der Waals surface area contributed by atoms with Crippen LogP contribution < -0.4 is 5.32 Å². The molecule has 6 nitrogen and oxygen atoms in total. The van der Waals surface area contributed by atoms with Crippen LogP contribution in [0.1, 0.15) is 47.5 Å². The van der Waals surface area contributed by atoms with Crippen LogP contribution in [0.15, 0.2) is 42.6 Å². The molecular formula is C23H28N6. The molecule has 2 aromatic heterocycles. The van der Waals surface area contributed by atoms with Crippen molar-refractivity contribution in [1.29, 1.82) is 0 Å². The zero-order chi connectivity index (χ0) is 20.4. The average Bonchev–Trinajstić information content (AvgIpc) is 3.32. The fourth-order valence-electron chi connectivity index (χ4n) is 4.21. The van der Waals surface area contributed by atoms with Crippen molar-refractivity contribution in [3.05, 3.63) is 70.7 Å². The van der Waals surface area contributed by atoms with Crippen LogP contribution in [0, 0.1) is 20.8 Å². The summed E-state index contributed by atoms with van der Waals surface area (Å²) in [5.74, 6) is 0.862. The highest BCUT2D eigenvalue weighted by atomic mass is 15.5. The van der Waals surface area contributed by atoms with E-state index in [4.69, 9.17) is 0 Å². The van der Waals surface area contributed by atoms with E-state index in [9.17, 15) is 0 Å². The van der Waals surface area contributed by atoms with Crippen molar-refractivity contribution < 1.29 is 0 Å². The molecule has 0 aliphatic rings. The predicted molar refractivity (Wildman–Crippen MR) is 116 cm³/mol. The molecule has 0 unspecified atom stereocenters. The van der Waals surface area contributed by atoms with Crippen LogP contribution in [0.5, 0.6) is 0 Å². The third kappa shape index (κ3) is 3.80. The Morgan fingerprint density at radius 2 is 1.86 bits per heavy atom. The van der Waals surface area contributed by atoms with Gasteiger partial charge in [0.1, 0.15) is 0 Å². The summed E-state index contributed by atoms with van der Waals surface area (Å²) in [5.41, 5.74) is 7.21. The summed E-state index contributed by atoms with van der Waals surface area (Å²) >= 11 is 0. The van der Waals surface area contributed by atoms with Crippen LogP contribution in [0.25, 0.3) is 16.6 Å². The van der Waals surface area contributed by atoms with Gasteiger partial charge in [-0.05, 0) is 73.3 Å². The molecule has 0 aliphatic heterocycles. The minimum atomic E-state index is 0.0929. The summed E-state index contributed by atoms with van der Waals surface area (Å²) in [4.78, 5) is 3.35. The van der Waals surface area contributed by atoms with Gasteiger partial charge in [0.2, 0.25) is 0 Å². The molecule has 29 heavy (non-hydrogen) atoms. The SMILES string of the molecule is CC[C@H](NCCc1c[nH]c2ccccc12)c1nnnn1-c1c(C)cc(C)cc1C. The van der Waals surface area contributed by atoms with E-state index in [1.807, 2.05) is 4.68 Å². The van der Waals surface area contributed by atoms with Crippen LogP contribution in [-0.4, -0.2) is 31.7 Å². The number of aryl methyl sites for hydroxylation is 3. The lowest BCUT2D eigenvalue weighted by Gasteiger charge is -2.18. The van der Waals surface area contributed by atoms with E-state index in [0.717, 1.165) is 30.9 Å². The summed E-state index contributed by atoms with van der Waals surface area (Å²) in [7, 11) is 0. The number of para-hydroxylation sites is 1. The Labute approximate surface area is 171 Å². The third-order valence-electron chi connectivity index (χ3n) is 5.52. The number of fused-ring (bicyclic) bond motifs is 1. The zero-order valence-corrected chi connectivity index (χ0v) is 17.5. The number of aromatic nitrogens is 5. The highest BCUT2D eigenvalue weighted by molar-refractivity contribution is 5.83. The van der Waals surface area contributed by atoms with Crippen molar-refractivity contribution in [2.75, 3.05) is 6.54 Å². The molecule has 2 heterocycles. The van der Waals surface area contributed by atoms with Gasteiger partial charge in [-0.25, -0.2) is 0 Å². The predicted octanol–water partition coefficient (Wildman–Crippen LogP) is 4.35. The quantitative estimate of drug-likeness (QED) is 0.494. The second-order valence-corrected chi connectivity index (χ2v) is 7.72. The van der Waals surface area contributed by atoms with Crippen LogP contribution in [0.4, 0.5) is 0 Å². The zero-order valence-electron chi connectivity index (χ0n) is 17.5. The molecule has 0 bridgehead atoms. The van der Waals surface area contributed by atoms with Gasteiger partial charge in [0.15, 0.2) is 5.82 Å². The van der Waals surface area contributed by atoms with Gasteiger partial charge < -0.3 is 10.3 Å². The molecule has 0 aliphatic carbocycles. The number of rotatable bonds is 7. The van der Waals surface area contributed by atoms with E-state index in [0.29, 0.717) is 0 Å².